The number of aromatic hydroxyl groups is 2. The van der Waals surface area contributed by atoms with Gasteiger partial charge in [-0.05, 0) is 39.7 Å². The maximum absolute atomic E-state index is 14.2. The molecule has 1 aromatic heterocycles. The number of phenolic OH excluding ortho intramolecular Hbond substituents is 2. The van der Waals surface area contributed by atoms with E-state index in [0.717, 1.165) is 5.56 Å². The topological polar surface area (TPSA) is 154 Å². The molecule has 1 aliphatic heterocycles. The van der Waals surface area contributed by atoms with Gasteiger partial charge >= 0.3 is 0 Å². The highest BCUT2D eigenvalue weighted by Gasteiger charge is 2.56. The third-order valence-corrected chi connectivity index (χ3v) is 7.80. The zero-order valence-corrected chi connectivity index (χ0v) is 23.7. The molecule has 0 unspecified atom stereocenters. The molecule has 0 saturated carbocycles. The molecule has 212 valence electrons. The minimum atomic E-state index is -1.60. The van der Waals surface area contributed by atoms with Crippen LogP contribution < -0.4 is 10.1 Å². The Labute approximate surface area is 237 Å². The summed E-state index contributed by atoms with van der Waals surface area (Å²) >= 11 is 0. The summed E-state index contributed by atoms with van der Waals surface area (Å²) in [6.45, 7) is 9.85. The molecular weight excluding hydrogens is 524 g/mol. The van der Waals surface area contributed by atoms with Gasteiger partial charge in [-0.25, -0.2) is 4.98 Å². The summed E-state index contributed by atoms with van der Waals surface area (Å²) in [7, 11) is 0. The van der Waals surface area contributed by atoms with E-state index in [-0.39, 0.29) is 45.4 Å². The number of aromatic amines is 1. The van der Waals surface area contributed by atoms with Crippen molar-refractivity contribution in [1.82, 2.24) is 20.5 Å². The second kappa shape index (κ2) is 10.0. The Balaban J connectivity index is 1.60. The predicted octanol–water partition coefficient (Wildman–Crippen LogP) is 4.38. The molecule has 10 heteroatoms. The number of nitrogens with one attached hydrogen (secondary N) is 2. The number of carbonyl (C=O) groups is 3. The van der Waals surface area contributed by atoms with Crippen LogP contribution in [0.15, 0.2) is 53.4 Å². The molecule has 10 nitrogen and oxygen atoms in total. The lowest BCUT2D eigenvalue weighted by atomic mass is 9.70. The Hall–Kier alpha value is -4.73. The highest BCUT2D eigenvalue weighted by atomic mass is 16.5. The summed E-state index contributed by atoms with van der Waals surface area (Å²) in [5.74, 6) is -1.32. The number of carbonyl (C=O) groups excluding carboxylic acids is 3. The summed E-state index contributed by atoms with van der Waals surface area (Å²) in [6, 6.07) is 9.28. The molecule has 0 radical (unpaired) electrons. The third-order valence-electron chi connectivity index (χ3n) is 7.80. The second-order valence-corrected chi connectivity index (χ2v) is 11.0. The van der Waals surface area contributed by atoms with Gasteiger partial charge in [-0.2, -0.15) is 5.10 Å². The number of phenols is 2. The third kappa shape index (κ3) is 4.39. The first kappa shape index (κ1) is 27.8. The number of fused-ring (bicyclic) bond motifs is 3. The van der Waals surface area contributed by atoms with E-state index < -0.39 is 34.6 Å². The number of aromatic nitrogens is 3. The normalized spacial score (nSPS) is 19.8. The van der Waals surface area contributed by atoms with Gasteiger partial charge < -0.3 is 20.3 Å². The quantitative estimate of drug-likeness (QED) is 0.188. The molecule has 0 bridgehead atoms. The Morgan fingerprint density at radius 3 is 2.41 bits per heavy atom. The molecule has 0 saturated heterocycles. The van der Waals surface area contributed by atoms with Crippen molar-refractivity contribution in [3.8, 4) is 17.2 Å². The molecule has 5 rings (SSSR count). The van der Waals surface area contributed by atoms with Crippen LogP contribution in [0.5, 0.6) is 17.2 Å². The van der Waals surface area contributed by atoms with Crippen LogP contribution >= 0.6 is 0 Å². The van der Waals surface area contributed by atoms with Crippen molar-refractivity contribution in [2.45, 2.75) is 65.3 Å². The van der Waals surface area contributed by atoms with Crippen LogP contribution in [0.3, 0.4) is 0 Å². The number of benzene rings is 2. The SMILES string of the molecule is CC(=O)c1c(O)c(C)c(O)c2c1OC1=CC(=O)/C(=C(/C)N[C@@H](Cc3ccccc3)c3nc(C(C)C)n[nH]3)C(=O)[C@@]12C. The number of Topliss-reactive ketones (excluding diaryl/α,β-unsaturated/α-hetero) is 2. The maximum atomic E-state index is 14.2. The van der Waals surface area contributed by atoms with Crippen molar-refractivity contribution in [2.75, 3.05) is 0 Å². The Kier molecular flexibility index (Phi) is 6.81. The maximum Gasteiger partial charge on any atom is 0.194 e. The Morgan fingerprint density at radius 2 is 1.80 bits per heavy atom. The zero-order valence-electron chi connectivity index (χ0n) is 23.7. The molecule has 2 atom stereocenters. The van der Waals surface area contributed by atoms with Crippen LogP contribution in [0.4, 0.5) is 0 Å². The van der Waals surface area contributed by atoms with E-state index in [1.807, 2.05) is 44.2 Å². The van der Waals surface area contributed by atoms with E-state index in [1.54, 1.807) is 13.8 Å². The smallest absolute Gasteiger partial charge is 0.194 e. The number of ether oxygens (including phenoxy) is 1. The second-order valence-electron chi connectivity index (χ2n) is 11.0. The largest absolute Gasteiger partial charge is 0.507 e. The molecule has 0 amide bonds. The number of H-pyrrole nitrogens is 1. The Morgan fingerprint density at radius 1 is 1.12 bits per heavy atom. The van der Waals surface area contributed by atoms with Crippen molar-refractivity contribution in [2.24, 2.45) is 0 Å². The predicted molar refractivity (Wildman–Crippen MR) is 150 cm³/mol. The number of nitrogens with zero attached hydrogens (tertiary/aromatic N) is 2. The van der Waals surface area contributed by atoms with Crippen LogP contribution in [0.1, 0.15) is 85.3 Å². The van der Waals surface area contributed by atoms with Crippen LogP contribution in [0.2, 0.25) is 0 Å². The van der Waals surface area contributed by atoms with Crippen LogP contribution in [0.25, 0.3) is 0 Å². The molecule has 3 aromatic rings. The van der Waals surface area contributed by atoms with Gasteiger partial charge in [-0.1, -0.05) is 44.2 Å². The highest BCUT2D eigenvalue weighted by molar-refractivity contribution is 6.31. The first-order valence-electron chi connectivity index (χ1n) is 13.4. The van der Waals surface area contributed by atoms with Gasteiger partial charge in [0.05, 0.1) is 17.2 Å². The average molecular weight is 557 g/mol. The average Bonchev–Trinajstić information content (AvgIpc) is 3.52. The fraction of sp³-hybridized carbons (Fsp3) is 0.323. The van der Waals surface area contributed by atoms with Crippen molar-refractivity contribution >= 4 is 17.3 Å². The minimum absolute atomic E-state index is 0.0144. The first-order chi connectivity index (χ1) is 19.4. The molecule has 0 spiro atoms. The van der Waals surface area contributed by atoms with E-state index in [9.17, 15) is 24.6 Å². The van der Waals surface area contributed by atoms with E-state index in [0.29, 0.717) is 23.8 Å². The minimum Gasteiger partial charge on any atom is -0.507 e. The van der Waals surface area contributed by atoms with Gasteiger partial charge in [0, 0.05) is 23.3 Å². The van der Waals surface area contributed by atoms with Crippen LogP contribution in [-0.2, 0) is 21.4 Å². The number of hydrogen-bond donors (Lipinski definition) is 4. The standard InChI is InChI=1S/C31H32N4O6/c1-14(2)29-33-30(35-34-29)19(12-18-10-8-7-9-11-18)32-16(4)22-20(37)13-21-31(6,28(22)40)24-26(39)15(3)25(38)23(17(5)36)27(24)41-21/h7-11,13-14,19,32,38-39H,12H2,1-6H3,(H,33,34,35)/b22-16+/t19-,31-/m0/s1. The number of hydrogen-bond acceptors (Lipinski definition) is 9. The molecule has 2 aromatic carbocycles. The zero-order chi connectivity index (χ0) is 29.8. The fourth-order valence-electron chi connectivity index (χ4n) is 5.46. The summed E-state index contributed by atoms with van der Waals surface area (Å²) in [6.07, 6.45) is 1.70. The summed E-state index contributed by atoms with van der Waals surface area (Å²) < 4.78 is 5.86. The highest BCUT2D eigenvalue weighted by Crippen LogP contribution is 2.57. The molecule has 4 N–H and O–H groups in total. The van der Waals surface area contributed by atoms with Crippen molar-refractivity contribution in [1.29, 1.82) is 0 Å². The molecule has 2 aliphatic rings. The Bertz CT molecular complexity index is 1670. The van der Waals surface area contributed by atoms with Gasteiger partial charge in [0.15, 0.2) is 23.2 Å². The monoisotopic (exact) mass is 556 g/mol. The van der Waals surface area contributed by atoms with Gasteiger partial charge in [0.2, 0.25) is 0 Å². The summed E-state index contributed by atoms with van der Waals surface area (Å²) in [5, 5.41) is 32.3. The first-order valence-corrected chi connectivity index (χ1v) is 13.4. The summed E-state index contributed by atoms with van der Waals surface area (Å²) in [5.41, 5.74) is -0.444. The van der Waals surface area contributed by atoms with E-state index in [4.69, 9.17) is 4.74 Å². The summed E-state index contributed by atoms with van der Waals surface area (Å²) in [4.78, 5) is 44.7. The molecule has 0 fully saturated rings. The van der Waals surface area contributed by atoms with E-state index >= 15 is 0 Å². The number of allylic oxidation sites excluding steroid dienone is 4. The fourth-order valence-corrected chi connectivity index (χ4v) is 5.46. The van der Waals surface area contributed by atoms with Gasteiger partial charge in [0.25, 0.3) is 0 Å². The van der Waals surface area contributed by atoms with E-state index in [2.05, 4.69) is 20.5 Å². The molecule has 1 aliphatic carbocycles. The number of rotatable bonds is 7. The van der Waals surface area contributed by atoms with Crippen molar-refractivity contribution in [3.63, 3.8) is 0 Å². The molecule has 2 heterocycles. The van der Waals surface area contributed by atoms with Gasteiger partial charge in [-0.15, -0.1) is 0 Å². The van der Waals surface area contributed by atoms with Crippen LogP contribution in [-0.4, -0.2) is 42.7 Å². The van der Waals surface area contributed by atoms with Gasteiger partial charge in [-0.3, -0.25) is 19.5 Å². The van der Waals surface area contributed by atoms with Gasteiger partial charge in [0.1, 0.15) is 39.8 Å². The molecular formula is C31H32N4O6. The van der Waals surface area contributed by atoms with Crippen molar-refractivity contribution in [3.05, 3.63) is 87.3 Å². The number of ketones is 3. The van der Waals surface area contributed by atoms with E-state index in [1.165, 1.54) is 19.9 Å². The lowest BCUT2D eigenvalue weighted by Gasteiger charge is -2.29. The van der Waals surface area contributed by atoms with Crippen LogP contribution in [0, 0.1) is 6.92 Å². The lowest BCUT2D eigenvalue weighted by molar-refractivity contribution is -0.123. The van der Waals surface area contributed by atoms with Crippen molar-refractivity contribution < 1.29 is 29.3 Å². The lowest BCUT2D eigenvalue weighted by Crippen LogP contribution is -2.41. The molecule has 41 heavy (non-hydrogen) atoms.